The summed E-state index contributed by atoms with van der Waals surface area (Å²) in [6, 6.07) is 0. The molecule has 0 spiro atoms. The molecule has 1 aromatic heterocycles. The van der Waals surface area contributed by atoms with E-state index in [1.165, 1.54) is 24.1 Å². The predicted molar refractivity (Wildman–Crippen MR) is 54.2 cm³/mol. The van der Waals surface area contributed by atoms with Gasteiger partial charge in [0, 0.05) is 12.7 Å². The van der Waals surface area contributed by atoms with Gasteiger partial charge >= 0.3 is 0 Å². The summed E-state index contributed by atoms with van der Waals surface area (Å²) in [6.45, 7) is 1.63. The second kappa shape index (κ2) is 3.56. The summed E-state index contributed by atoms with van der Waals surface area (Å²) >= 11 is 0. The van der Waals surface area contributed by atoms with E-state index in [9.17, 15) is 4.79 Å². The van der Waals surface area contributed by atoms with Crippen molar-refractivity contribution in [1.82, 2.24) is 9.78 Å². The Morgan fingerprint density at radius 2 is 2.14 bits per heavy atom. The molecule has 0 saturated heterocycles. The maximum Gasteiger partial charge on any atom is 0.135 e. The lowest BCUT2D eigenvalue weighted by atomic mass is 9.94. The van der Waals surface area contributed by atoms with Crippen LogP contribution in [0.4, 0.5) is 0 Å². The fourth-order valence-corrected chi connectivity index (χ4v) is 2.24. The quantitative estimate of drug-likeness (QED) is 0.710. The van der Waals surface area contributed by atoms with E-state index >= 15 is 0 Å². The summed E-state index contributed by atoms with van der Waals surface area (Å²) in [5.41, 5.74) is 3.69. The lowest BCUT2D eigenvalue weighted by molar-refractivity contribution is -0.116. The number of ketones is 1. The highest BCUT2D eigenvalue weighted by molar-refractivity contribution is 5.78. The minimum absolute atomic E-state index is 0.205. The van der Waals surface area contributed by atoms with Crippen LogP contribution in [0.25, 0.3) is 0 Å². The first-order valence-corrected chi connectivity index (χ1v) is 5.21. The maximum atomic E-state index is 11.1. The Labute approximate surface area is 84.1 Å². The molecular formula is C11H16N2O. The molecule has 14 heavy (non-hydrogen) atoms. The third-order valence-corrected chi connectivity index (χ3v) is 2.86. The van der Waals surface area contributed by atoms with Crippen molar-refractivity contribution in [2.24, 2.45) is 7.05 Å². The first-order valence-electron chi connectivity index (χ1n) is 5.21. The van der Waals surface area contributed by atoms with Gasteiger partial charge in [-0.2, -0.15) is 5.10 Å². The van der Waals surface area contributed by atoms with Crippen LogP contribution in [-0.4, -0.2) is 15.6 Å². The zero-order valence-electron chi connectivity index (χ0n) is 8.84. The van der Waals surface area contributed by atoms with Crippen LogP contribution in [0.5, 0.6) is 0 Å². The molecule has 1 aromatic rings. The molecule has 0 unspecified atom stereocenters. The molecule has 1 aliphatic rings. The summed E-state index contributed by atoms with van der Waals surface area (Å²) < 4.78 is 1.95. The minimum Gasteiger partial charge on any atom is -0.300 e. The number of aromatic nitrogens is 2. The molecule has 0 aromatic carbocycles. The van der Waals surface area contributed by atoms with Crippen LogP contribution in [0.1, 0.15) is 36.7 Å². The normalized spacial score (nSPS) is 15.3. The van der Waals surface area contributed by atoms with Gasteiger partial charge in [0.1, 0.15) is 5.78 Å². The van der Waals surface area contributed by atoms with E-state index in [0.29, 0.717) is 6.42 Å². The fourth-order valence-electron chi connectivity index (χ4n) is 2.24. The third-order valence-electron chi connectivity index (χ3n) is 2.86. The first kappa shape index (κ1) is 9.44. The molecule has 3 heteroatoms. The van der Waals surface area contributed by atoms with Crippen LogP contribution in [-0.2, 0) is 31.1 Å². The first-order chi connectivity index (χ1) is 6.68. The Hall–Kier alpha value is -1.12. The Morgan fingerprint density at radius 3 is 2.86 bits per heavy atom. The van der Waals surface area contributed by atoms with Crippen LogP contribution < -0.4 is 0 Å². The number of Topliss-reactive ketones (excluding diaryl/α,β-unsaturated/α-hetero) is 1. The van der Waals surface area contributed by atoms with Gasteiger partial charge in [-0.15, -0.1) is 0 Å². The van der Waals surface area contributed by atoms with Gasteiger partial charge in [-0.1, -0.05) is 0 Å². The summed E-state index contributed by atoms with van der Waals surface area (Å²) in [5, 5.41) is 4.43. The van der Waals surface area contributed by atoms with Crippen molar-refractivity contribution in [2.45, 2.75) is 39.0 Å². The topological polar surface area (TPSA) is 34.9 Å². The number of hydrogen-bond acceptors (Lipinski definition) is 2. The van der Waals surface area contributed by atoms with Crippen LogP contribution in [0.3, 0.4) is 0 Å². The zero-order valence-corrected chi connectivity index (χ0v) is 8.84. The lowest BCUT2D eigenvalue weighted by Gasteiger charge is -2.12. The predicted octanol–water partition coefficient (Wildman–Crippen LogP) is 1.43. The van der Waals surface area contributed by atoms with E-state index < -0.39 is 0 Å². The molecule has 0 radical (unpaired) electrons. The van der Waals surface area contributed by atoms with E-state index in [1.54, 1.807) is 6.92 Å². The number of rotatable bonds is 2. The van der Waals surface area contributed by atoms with E-state index in [1.807, 2.05) is 11.7 Å². The van der Waals surface area contributed by atoms with Crippen molar-refractivity contribution >= 4 is 5.78 Å². The maximum absolute atomic E-state index is 11.1. The molecule has 0 saturated carbocycles. The van der Waals surface area contributed by atoms with E-state index in [0.717, 1.165) is 18.5 Å². The number of fused-ring (bicyclic) bond motifs is 1. The smallest absolute Gasteiger partial charge is 0.135 e. The number of carbonyl (C=O) groups excluding carboxylic acids is 1. The average molecular weight is 192 g/mol. The second-order valence-corrected chi connectivity index (χ2v) is 4.08. The van der Waals surface area contributed by atoms with Gasteiger partial charge in [0.2, 0.25) is 0 Å². The molecule has 1 aliphatic carbocycles. The van der Waals surface area contributed by atoms with Gasteiger partial charge in [-0.05, 0) is 38.2 Å². The molecule has 0 aliphatic heterocycles. The largest absolute Gasteiger partial charge is 0.300 e. The Kier molecular flexibility index (Phi) is 2.40. The van der Waals surface area contributed by atoms with Gasteiger partial charge < -0.3 is 0 Å². The van der Waals surface area contributed by atoms with Crippen LogP contribution in [0.2, 0.25) is 0 Å². The number of carbonyl (C=O) groups is 1. The number of aryl methyl sites for hydroxylation is 1. The molecule has 0 bridgehead atoms. The second-order valence-electron chi connectivity index (χ2n) is 4.08. The Balaban J connectivity index is 2.36. The van der Waals surface area contributed by atoms with Gasteiger partial charge in [0.25, 0.3) is 0 Å². The lowest BCUT2D eigenvalue weighted by Crippen LogP contribution is -2.06. The van der Waals surface area contributed by atoms with Crippen molar-refractivity contribution in [3.8, 4) is 0 Å². The van der Waals surface area contributed by atoms with Crippen LogP contribution >= 0.6 is 0 Å². The molecule has 76 valence electrons. The van der Waals surface area contributed by atoms with Crippen LogP contribution in [0.15, 0.2) is 0 Å². The third kappa shape index (κ3) is 1.59. The number of nitrogens with zero attached hydrogens (tertiary/aromatic N) is 2. The molecule has 0 atom stereocenters. The number of hydrogen-bond donors (Lipinski definition) is 0. The Bertz CT molecular complexity index is 366. The molecule has 0 amide bonds. The molecule has 2 rings (SSSR count). The van der Waals surface area contributed by atoms with Crippen molar-refractivity contribution in [1.29, 1.82) is 0 Å². The Morgan fingerprint density at radius 1 is 1.43 bits per heavy atom. The zero-order chi connectivity index (χ0) is 10.1. The summed E-state index contributed by atoms with van der Waals surface area (Å²) in [4.78, 5) is 11.1. The van der Waals surface area contributed by atoms with Gasteiger partial charge in [-0.3, -0.25) is 9.48 Å². The van der Waals surface area contributed by atoms with E-state index in [4.69, 9.17) is 0 Å². The molecule has 0 N–H and O–H groups in total. The monoisotopic (exact) mass is 192 g/mol. The minimum atomic E-state index is 0.205. The summed E-state index contributed by atoms with van der Waals surface area (Å²) in [5.74, 6) is 0.205. The summed E-state index contributed by atoms with van der Waals surface area (Å²) in [7, 11) is 1.98. The highest BCUT2D eigenvalue weighted by Gasteiger charge is 2.19. The molecular weight excluding hydrogens is 176 g/mol. The van der Waals surface area contributed by atoms with Crippen molar-refractivity contribution in [2.75, 3.05) is 0 Å². The van der Waals surface area contributed by atoms with E-state index in [2.05, 4.69) is 5.10 Å². The standard InChI is InChI=1S/C11H16N2O/c1-8(14)7-10-9-5-3-4-6-11(9)13(2)12-10/h3-7H2,1-2H3. The fraction of sp³-hybridized carbons (Fsp3) is 0.636. The summed E-state index contributed by atoms with van der Waals surface area (Å²) in [6.07, 6.45) is 5.22. The van der Waals surface area contributed by atoms with E-state index in [-0.39, 0.29) is 5.78 Å². The van der Waals surface area contributed by atoms with Crippen molar-refractivity contribution in [3.05, 3.63) is 17.0 Å². The van der Waals surface area contributed by atoms with Gasteiger partial charge in [0.15, 0.2) is 0 Å². The van der Waals surface area contributed by atoms with Gasteiger partial charge in [-0.25, -0.2) is 0 Å². The average Bonchev–Trinajstić information content (AvgIpc) is 2.44. The van der Waals surface area contributed by atoms with Gasteiger partial charge in [0.05, 0.1) is 12.1 Å². The molecule has 1 heterocycles. The molecule has 3 nitrogen and oxygen atoms in total. The SMILES string of the molecule is CC(=O)Cc1nn(C)c2c1CCCC2. The highest BCUT2D eigenvalue weighted by atomic mass is 16.1. The highest BCUT2D eigenvalue weighted by Crippen LogP contribution is 2.24. The van der Waals surface area contributed by atoms with Crippen molar-refractivity contribution in [3.63, 3.8) is 0 Å². The van der Waals surface area contributed by atoms with Crippen molar-refractivity contribution < 1.29 is 4.79 Å². The van der Waals surface area contributed by atoms with Crippen LogP contribution in [0, 0.1) is 0 Å². The molecule has 0 fully saturated rings.